The minimum absolute atomic E-state index is 0.0857. The molecule has 2 rings (SSSR count). The quantitative estimate of drug-likeness (QED) is 0.785. The molecule has 0 amide bonds. The van der Waals surface area contributed by atoms with E-state index in [1.54, 1.807) is 18.2 Å². The highest BCUT2D eigenvalue weighted by molar-refractivity contribution is 5.55. The SMILES string of the molecule is C/C(=C\c1ccc(F)cc1)C(O)(Cc1cccc(F)c1)C(C)CN(C)C. The summed E-state index contributed by atoms with van der Waals surface area (Å²) in [4.78, 5) is 2.02. The normalized spacial score (nSPS) is 15.8. The highest BCUT2D eigenvalue weighted by atomic mass is 19.1. The molecule has 0 fully saturated rings. The molecule has 0 aromatic heterocycles. The van der Waals surface area contributed by atoms with Crippen LogP contribution in [0.4, 0.5) is 8.78 Å². The standard InChI is InChI=1S/C22H27F2NO/c1-16(12-18-8-10-20(23)11-9-18)22(26,17(2)15-25(3)4)14-19-6-5-7-21(24)13-19/h5-13,17,26H,14-15H2,1-4H3/b16-12+. The van der Waals surface area contributed by atoms with E-state index in [-0.39, 0.29) is 17.6 Å². The van der Waals surface area contributed by atoms with Crippen LogP contribution in [0.5, 0.6) is 0 Å². The lowest BCUT2D eigenvalue weighted by Gasteiger charge is -2.37. The lowest BCUT2D eigenvalue weighted by atomic mass is 9.77. The Morgan fingerprint density at radius 1 is 1.12 bits per heavy atom. The van der Waals surface area contributed by atoms with Gasteiger partial charge in [0.1, 0.15) is 11.6 Å². The zero-order valence-electron chi connectivity index (χ0n) is 15.8. The van der Waals surface area contributed by atoms with Crippen LogP contribution < -0.4 is 0 Å². The molecular formula is C22H27F2NO. The Morgan fingerprint density at radius 3 is 2.35 bits per heavy atom. The molecule has 1 N–H and O–H groups in total. The zero-order chi connectivity index (χ0) is 19.3. The fraction of sp³-hybridized carbons (Fsp3) is 0.364. The maximum Gasteiger partial charge on any atom is 0.123 e. The number of aliphatic hydroxyl groups is 1. The highest BCUT2D eigenvalue weighted by Crippen LogP contribution is 2.32. The predicted octanol–water partition coefficient (Wildman–Crippen LogP) is 4.54. The number of halogens is 2. The average Bonchev–Trinajstić information content (AvgIpc) is 2.56. The minimum Gasteiger partial charge on any atom is -0.385 e. The van der Waals surface area contributed by atoms with Crippen LogP contribution >= 0.6 is 0 Å². The maximum atomic E-state index is 13.6. The van der Waals surface area contributed by atoms with Crippen LogP contribution in [-0.2, 0) is 6.42 Å². The van der Waals surface area contributed by atoms with Crippen molar-refractivity contribution in [1.29, 1.82) is 0 Å². The van der Waals surface area contributed by atoms with Crippen LogP contribution in [0, 0.1) is 17.6 Å². The Kier molecular flexibility index (Phi) is 6.68. The van der Waals surface area contributed by atoms with Crippen molar-refractivity contribution in [3.05, 3.63) is 76.9 Å². The second-order valence-corrected chi connectivity index (χ2v) is 7.27. The van der Waals surface area contributed by atoms with E-state index in [1.807, 2.05) is 45.0 Å². The molecule has 0 spiro atoms. The molecule has 2 nitrogen and oxygen atoms in total. The molecular weight excluding hydrogens is 332 g/mol. The third kappa shape index (κ3) is 5.23. The van der Waals surface area contributed by atoms with E-state index in [1.165, 1.54) is 24.3 Å². The monoisotopic (exact) mass is 359 g/mol. The topological polar surface area (TPSA) is 23.5 Å². The van der Waals surface area contributed by atoms with Crippen LogP contribution in [0.1, 0.15) is 25.0 Å². The van der Waals surface area contributed by atoms with Crippen LogP contribution in [0.2, 0.25) is 0 Å². The van der Waals surface area contributed by atoms with Gasteiger partial charge in [-0.2, -0.15) is 0 Å². The Labute approximate surface area is 154 Å². The van der Waals surface area contributed by atoms with Crippen LogP contribution in [0.25, 0.3) is 6.08 Å². The van der Waals surface area contributed by atoms with E-state index in [2.05, 4.69) is 0 Å². The van der Waals surface area contributed by atoms with Gasteiger partial charge in [-0.15, -0.1) is 0 Å². The Balaban J connectivity index is 2.39. The molecule has 0 aliphatic heterocycles. The van der Waals surface area contributed by atoms with E-state index >= 15 is 0 Å². The van der Waals surface area contributed by atoms with E-state index in [9.17, 15) is 13.9 Å². The first kappa shape index (κ1) is 20.3. The van der Waals surface area contributed by atoms with Gasteiger partial charge in [0, 0.05) is 18.9 Å². The van der Waals surface area contributed by atoms with Gasteiger partial charge in [-0.25, -0.2) is 8.78 Å². The molecule has 0 saturated heterocycles. The van der Waals surface area contributed by atoms with Gasteiger partial charge in [0.2, 0.25) is 0 Å². The number of benzene rings is 2. The van der Waals surface area contributed by atoms with Gasteiger partial charge < -0.3 is 10.0 Å². The largest absolute Gasteiger partial charge is 0.385 e. The van der Waals surface area contributed by atoms with E-state index in [4.69, 9.17) is 0 Å². The van der Waals surface area contributed by atoms with Crippen molar-refractivity contribution >= 4 is 6.08 Å². The summed E-state index contributed by atoms with van der Waals surface area (Å²) in [6, 6.07) is 12.5. The molecule has 0 aliphatic carbocycles. The third-order valence-corrected chi connectivity index (χ3v) is 4.75. The van der Waals surface area contributed by atoms with Crippen LogP contribution in [-0.4, -0.2) is 36.2 Å². The van der Waals surface area contributed by atoms with Crippen molar-refractivity contribution in [3.63, 3.8) is 0 Å². The van der Waals surface area contributed by atoms with Gasteiger partial charge in [-0.3, -0.25) is 0 Å². The first-order chi connectivity index (χ1) is 12.2. The summed E-state index contributed by atoms with van der Waals surface area (Å²) in [7, 11) is 3.91. The van der Waals surface area contributed by atoms with E-state index in [0.717, 1.165) is 16.7 Å². The van der Waals surface area contributed by atoms with Crippen molar-refractivity contribution in [2.24, 2.45) is 5.92 Å². The van der Waals surface area contributed by atoms with Gasteiger partial charge in [0.05, 0.1) is 5.60 Å². The molecule has 0 saturated carbocycles. The Morgan fingerprint density at radius 2 is 1.77 bits per heavy atom. The summed E-state index contributed by atoms with van der Waals surface area (Å²) >= 11 is 0. The second kappa shape index (κ2) is 8.56. The molecule has 140 valence electrons. The van der Waals surface area contributed by atoms with Gasteiger partial charge in [0.25, 0.3) is 0 Å². The molecule has 2 aromatic carbocycles. The van der Waals surface area contributed by atoms with Gasteiger partial charge in [-0.05, 0) is 62.0 Å². The lowest BCUT2D eigenvalue weighted by molar-refractivity contribution is 0.0149. The summed E-state index contributed by atoms with van der Waals surface area (Å²) in [5.41, 5.74) is 1.18. The number of hydrogen-bond acceptors (Lipinski definition) is 2. The van der Waals surface area contributed by atoms with E-state index in [0.29, 0.717) is 13.0 Å². The molecule has 2 unspecified atom stereocenters. The molecule has 0 aliphatic rings. The molecule has 0 bridgehead atoms. The van der Waals surface area contributed by atoms with Gasteiger partial charge >= 0.3 is 0 Å². The molecule has 0 heterocycles. The third-order valence-electron chi connectivity index (χ3n) is 4.75. The predicted molar refractivity (Wildman–Crippen MR) is 103 cm³/mol. The number of hydrogen-bond donors (Lipinski definition) is 1. The first-order valence-electron chi connectivity index (χ1n) is 8.76. The summed E-state index contributed by atoms with van der Waals surface area (Å²) in [6.45, 7) is 4.54. The summed E-state index contributed by atoms with van der Waals surface area (Å²) in [6.07, 6.45) is 2.17. The lowest BCUT2D eigenvalue weighted by Crippen LogP contribution is -2.44. The maximum absolute atomic E-state index is 13.6. The fourth-order valence-electron chi connectivity index (χ4n) is 3.29. The number of nitrogens with zero attached hydrogens (tertiary/aromatic N) is 1. The summed E-state index contributed by atoms with van der Waals surface area (Å²) in [5, 5.41) is 11.6. The molecule has 2 atom stereocenters. The summed E-state index contributed by atoms with van der Waals surface area (Å²) < 4.78 is 26.7. The highest BCUT2D eigenvalue weighted by Gasteiger charge is 2.36. The van der Waals surface area contributed by atoms with Gasteiger partial charge in [-0.1, -0.05) is 37.3 Å². The van der Waals surface area contributed by atoms with Crippen molar-refractivity contribution in [2.75, 3.05) is 20.6 Å². The number of rotatable bonds is 7. The Hall–Kier alpha value is -2.04. The van der Waals surface area contributed by atoms with Crippen molar-refractivity contribution in [3.8, 4) is 0 Å². The summed E-state index contributed by atoms with van der Waals surface area (Å²) in [5.74, 6) is -0.696. The van der Waals surface area contributed by atoms with Crippen molar-refractivity contribution in [1.82, 2.24) is 4.90 Å². The fourth-order valence-corrected chi connectivity index (χ4v) is 3.29. The molecule has 0 radical (unpaired) electrons. The second-order valence-electron chi connectivity index (χ2n) is 7.27. The Bertz CT molecular complexity index is 755. The van der Waals surface area contributed by atoms with Crippen molar-refractivity contribution in [2.45, 2.75) is 25.9 Å². The van der Waals surface area contributed by atoms with E-state index < -0.39 is 5.60 Å². The minimum atomic E-state index is -1.15. The molecule has 26 heavy (non-hydrogen) atoms. The molecule has 2 aromatic rings. The molecule has 4 heteroatoms. The van der Waals surface area contributed by atoms with Crippen LogP contribution in [0.15, 0.2) is 54.1 Å². The van der Waals surface area contributed by atoms with Crippen molar-refractivity contribution < 1.29 is 13.9 Å². The zero-order valence-corrected chi connectivity index (χ0v) is 15.8. The first-order valence-corrected chi connectivity index (χ1v) is 8.76. The average molecular weight is 359 g/mol. The van der Waals surface area contributed by atoms with Crippen LogP contribution in [0.3, 0.4) is 0 Å². The van der Waals surface area contributed by atoms with Gasteiger partial charge in [0.15, 0.2) is 0 Å². The smallest absolute Gasteiger partial charge is 0.123 e.